The molecule has 0 atom stereocenters. The van der Waals surface area contributed by atoms with Gasteiger partial charge in [-0.3, -0.25) is 14.5 Å². The van der Waals surface area contributed by atoms with Crippen molar-refractivity contribution in [1.82, 2.24) is 20.0 Å². The molecule has 0 aromatic rings. The van der Waals surface area contributed by atoms with Crippen molar-refractivity contribution in [2.24, 2.45) is 5.92 Å². The number of carboxylic acid groups (broad SMARTS) is 1. The van der Waals surface area contributed by atoms with Crippen molar-refractivity contribution in [2.45, 2.75) is 64.5 Å². The lowest BCUT2D eigenvalue weighted by Gasteiger charge is -2.43. The zero-order valence-corrected chi connectivity index (χ0v) is 17.5. The van der Waals surface area contributed by atoms with Crippen LogP contribution in [0.2, 0.25) is 0 Å². The Morgan fingerprint density at radius 1 is 1.14 bits per heavy atom. The molecule has 8 nitrogen and oxygen atoms in total. The van der Waals surface area contributed by atoms with Crippen molar-refractivity contribution >= 4 is 17.9 Å². The molecule has 0 aromatic heterocycles. The summed E-state index contributed by atoms with van der Waals surface area (Å²) < 4.78 is 0. The van der Waals surface area contributed by atoms with Crippen molar-refractivity contribution in [3.8, 4) is 0 Å². The van der Waals surface area contributed by atoms with Crippen LogP contribution in [0.15, 0.2) is 0 Å². The largest absolute Gasteiger partial charge is 0.480 e. The van der Waals surface area contributed by atoms with Crippen molar-refractivity contribution in [3.05, 3.63) is 0 Å². The van der Waals surface area contributed by atoms with Crippen LogP contribution in [-0.2, 0) is 9.59 Å². The fourth-order valence-electron chi connectivity index (χ4n) is 4.09. The van der Waals surface area contributed by atoms with Gasteiger partial charge in [-0.2, -0.15) is 0 Å². The summed E-state index contributed by atoms with van der Waals surface area (Å²) in [6.07, 6.45) is 5.13. The summed E-state index contributed by atoms with van der Waals surface area (Å²) in [5.41, 5.74) is 0. The molecule has 1 saturated carbocycles. The lowest BCUT2D eigenvalue weighted by atomic mass is 9.85. The third-order valence-corrected chi connectivity index (χ3v) is 6.06. The fourth-order valence-corrected chi connectivity index (χ4v) is 4.09. The van der Waals surface area contributed by atoms with E-state index in [2.05, 4.69) is 12.2 Å². The Balaban J connectivity index is 1.69. The average Bonchev–Trinajstić information content (AvgIpc) is 2.66. The number of rotatable bonds is 9. The highest BCUT2D eigenvalue weighted by Gasteiger charge is 2.36. The third kappa shape index (κ3) is 6.09. The molecule has 28 heavy (non-hydrogen) atoms. The lowest BCUT2D eigenvalue weighted by Crippen LogP contribution is -2.57. The zero-order valence-electron chi connectivity index (χ0n) is 17.5. The quantitative estimate of drug-likeness (QED) is 0.618. The molecule has 1 heterocycles. The first kappa shape index (κ1) is 22.5. The Morgan fingerprint density at radius 3 is 2.32 bits per heavy atom. The van der Waals surface area contributed by atoms with E-state index >= 15 is 0 Å². The van der Waals surface area contributed by atoms with E-state index in [-0.39, 0.29) is 36.5 Å². The molecule has 1 aliphatic heterocycles. The first-order valence-corrected chi connectivity index (χ1v) is 10.6. The maximum absolute atomic E-state index is 12.5. The standard InChI is InChI=1S/C20H36N4O4/c1-4-6-9-22(3)19(27)15-7-10-24(11-8-15)20(28)21-16-12-17(13-16)23(5-2)14-18(25)26/h15-17H,4-14H2,1-3H3,(H,21,28)(H,25,26). The number of hydrogen-bond acceptors (Lipinski definition) is 4. The topological polar surface area (TPSA) is 93.2 Å². The molecule has 1 saturated heterocycles. The molecule has 2 fully saturated rings. The number of likely N-dealkylation sites (N-methyl/N-ethyl adjacent to an activating group) is 1. The second-order valence-electron chi connectivity index (χ2n) is 8.10. The highest BCUT2D eigenvalue weighted by Crippen LogP contribution is 2.26. The van der Waals surface area contributed by atoms with E-state index in [0.717, 1.165) is 45.1 Å². The fraction of sp³-hybridized carbons (Fsp3) is 0.850. The summed E-state index contributed by atoms with van der Waals surface area (Å²) in [5.74, 6) is -0.589. The number of amides is 3. The zero-order chi connectivity index (χ0) is 20.7. The summed E-state index contributed by atoms with van der Waals surface area (Å²) in [7, 11) is 1.87. The van der Waals surface area contributed by atoms with Gasteiger partial charge in [-0.25, -0.2) is 4.79 Å². The van der Waals surface area contributed by atoms with Gasteiger partial charge in [-0.15, -0.1) is 0 Å². The SMILES string of the molecule is CCCCN(C)C(=O)C1CCN(C(=O)NC2CC(N(CC)CC(=O)O)C2)CC1. The molecular weight excluding hydrogens is 360 g/mol. The minimum absolute atomic E-state index is 0.0214. The number of unbranched alkanes of at least 4 members (excludes halogenated alkanes) is 1. The second kappa shape index (κ2) is 10.6. The highest BCUT2D eigenvalue weighted by molar-refractivity contribution is 5.79. The van der Waals surface area contributed by atoms with Crippen LogP contribution in [-0.4, -0.2) is 89.6 Å². The van der Waals surface area contributed by atoms with Gasteiger partial charge in [0, 0.05) is 44.7 Å². The monoisotopic (exact) mass is 396 g/mol. The molecule has 2 aliphatic rings. The smallest absolute Gasteiger partial charge is 0.317 e. The predicted molar refractivity (Wildman–Crippen MR) is 107 cm³/mol. The van der Waals surface area contributed by atoms with E-state index in [1.165, 1.54) is 0 Å². The number of likely N-dealkylation sites (tertiary alicyclic amines) is 1. The van der Waals surface area contributed by atoms with Gasteiger partial charge in [0.15, 0.2) is 0 Å². The Labute approximate surface area is 168 Å². The predicted octanol–water partition coefficient (Wildman–Crippen LogP) is 1.60. The lowest BCUT2D eigenvalue weighted by molar-refractivity contribution is -0.139. The summed E-state index contributed by atoms with van der Waals surface area (Å²) in [5, 5.41) is 12.0. The molecule has 2 N–H and O–H groups in total. The Hall–Kier alpha value is -1.83. The van der Waals surface area contributed by atoms with E-state index in [4.69, 9.17) is 5.11 Å². The van der Waals surface area contributed by atoms with E-state index in [1.807, 2.05) is 23.8 Å². The number of carboxylic acids is 1. The number of urea groups is 1. The molecule has 2 rings (SSSR count). The number of aliphatic carboxylic acids is 1. The van der Waals surface area contributed by atoms with E-state index < -0.39 is 5.97 Å². The molecule has 0 unspecified atom stereocenters. The van der Waals surface area contributed by atoms with E-state index in [0.29, 0.717) is 19.6 Å². The normalized spacial score (nSPS) is 22.6. The number of nitrogens with zero attached hydrogens (tertiary/aromatic N) is 3. The number of hydrogen-bond donors (Lipinski definition) is 2. The summed E-state index contributed by atoms with van der Waals surface area (Å²) in [6.45, 7) is 6.85. The van der Waals surface area contributed by atoms with Crippen molar-refractivity contribution in [3.63, 3.8) is 0 Å². The minimum Gasteiger partial charge on any atom is -0.480 e. The molecule has 0 spiro atoms. The van der Waals surface area contributed by atoms with Gasteiger partial charge in [0.2, 0.25) is 5.91 Å². The van der Waals surface area contributed by atoms with Crippen molar-refractivity contribution < 1.29 is 19.5 Å². The van der Waals surface area contributed by atoms with Gasteiger partial charge in [0.05, 0.1) is 6.54 Å². The highest BCUT2D eigenvalue weighted by atomic mass is 16.4. The molecule has 3 amide bonds. The molecule has 0 bridgehead atoms. The minimum atomic E-state index is -0.813. The van der Waals surface area contributed by atoms with Gasteiger partial charge in [0.1, 0.15) is 0 Å². The Morgan fingerprint density at radius 2 is 1.79 bits per heavy atom. The van der Waals surface area contributed by atoms with Gasteiger partial charge in [-0.05, 0) is 38.6 Å². The van der Waals surface area contributed by atoms with Gasteiger partial charge in [0.25, 0.3) is 0 Å². The number of carbonyl (C=O) groups excluding carboxylic acids is 2. The maximum atomic E-state index is 12.5. The summed E-state index contributed by atoms with van der Waals surface area (Å²) in [6, 6.07) is 0.281. The van der Waals surface area contributed by atoms with Crippen LogP contribution in [0.25, 0.3) is 0 Å². The molecule has 0 aromatic carbocycles. The first-order valence-electron chi connectivity index (χ1n) is 10.6. The molecule has 160 valence electrons. The van der Waals surface area contributed by atoms with Crippen molar-refractivity contribution in [1.29, 1.82) is 0 Å². The second-order valence-corrected chi connectivity index (χ2v) is 8.10. The van der Waals surface area contributed by atoms with Crippen LogP contribution in [0.3, 0.4) is 0 Å². The average molecular weight is 397 g/mol. The van der Waals surface area contributed by atoms with Crippen LogP contribution < -0.4 is 5.32 Å². The molecule has 1 aliphatic carbocycles. The van der Waals surface area contributed by atoms with Crippen LogP contribution in [0.5, 0.6) is 0 Å². The van der Waals surface area contributed by atoms with Gasteiger partial charge >= 0.3 is 12.0 Å². The number of nitrogens with one attached hydrogen (secondary N) is 1. The maximum Gasteiger partial charge on any atom is 0.317 e. The molecule has 8 heteroatoms. The van der Waals surface area contributed by atoms with Crippen LogP contribution in [0.1, 0.15) is 52.4 Å². The van der Waals surface area contributed by atoms with Gasteiger partial charge in [-0.1, -0.05) is 20.3 Å². The number of carbonyl (C=O) groups is 3. The summed E-state index contributed by atoms with van der Waals surface area (Å²) >= 11 is 0. The van der Waals surface area contributed by atoms with E-state index in [1.54, 1.807) is 4.90 Å². The molecule has 0 radical (unpaired) electrons. The first-order chi connectivity index (χ1) is 13.3. The van der Waals surface area contributed by atoms with Crippen LogP contribution in [0.4, 0.5) is 4.79 Å². The molecular formula is C20H36N4O4. The Bertz CT molecular complexity index is 542. The third-order valence-electron chi connectivity index (χ3n) is 6.06. The van der Waals surface area contributed by atoms with Gasteiger partial charge < -0.3 is 20.2 Å². The number of piperidine rings is 1. The van der Waals surface area contributed by atoms with E-state index in [9.17, 15) is 14.4 Å². The summed E-state index contributed by atoms with van der Waals surface area (Å²) in [4.78, 5) is 41.4. The van der Waals surface area contributed by atoms with Crippen molar-refractivity contribution in [2.75, 3.05) is 39.8 Å². The Kier molecular flexibility index (Phi) is 8.54. The van der Waals surface area contributed by atoms with Crippen LogP contribution in [0, 0.1) is 5.92 Å². The van der Waals surface area contributed by atoms with Crippen LogP contribution >= 0.6 is 0 Å².